The molecule has 0 aromatic rings. The smallest absolute Gasteiger partial charge is 0.227 e. The first-order valence-electron chi connectivity index (χ1n) is 8.21. The first kappa shape index (κ1) is 14.8. The third-order valence-corrected chi connectivity index (χ3v) is 5.20. The predicted molar refractivity (Wildman–Crippen MR) is 78.7 cm³/mol. The van der Waals surface area contributed by atoms with E-state index in [-0.39, 0.29) is 12.0 Å². The number of carbonyl (C=O) groups is 1. The Morgan fingerprint density at radius 2 is 1.79 bits per heavy atom. The summed E-state index contributed by atoms with van der Waals surface area (Å²) in [5.41, 5.74) is 6.24. The Morgan fingerprint density at radius 1 is 1.11 bits per heavy atom. The van der Waals surface area contributed by atoms with Crippen molar-refractivity contribution >= 4 is 5.91 Å². The van der Waals surface area contributed by atoms with E-state index in [1.165, 1.54) is 38.5 Å². The Balaban J connectivity index is 2.05. The highest BCUT2D eigenvalue weighted by atomic mass is 16.2. The van der Waals surface area contributed by atoms with Crippen LogP contribution in [0.4, 0.5) is 0 Å². The van der Waals surface area contributed by atoms with Crippen molar-refractivity contribution in [2.45, 2.75) is 77.3 Å². The number of rotatable bonds is 3. The van der Waals surface area contributed by atoms with Crippen LogP contribution >= 0.6 is 0 Å². The van der Waals surface area contributed by atoms with Gasteiger partial charge in [0.25, 0.3) is 0 Å². The standard InChI is InChI=1S/C16H30N2O/c1-3-18(13-9-5-4-6-10-13)16(19)15-12(2)8-7-11-14(15)17/h12-15H,3-11,17H2,1-2H3. The number of amides is 1. The van der Waals surface area contributed by atoms with Gasteiger partial charge in [-0.3, -0.25) is 4.79 Å². The number of hydrogen-bond acceptors (Lipinski definition) is 2. The van der Waals surface area contributed by atoms with Crippen molar-refractivity contribution < 1.29 is 4.79 Å². The molecule has 2 saturated carbocycles. The summed E-state index contributed by atoms with van der Waals surface area (Å²) in [5.74, 6) is 0.860. The molecule has 19 heavy (non-hydrogen) atoms. The zero-order chi connectivity index (χ0) is 13.8. The molecule has 0 aliphatic heterocycles. The van der Waals surface area contributed by atoms with Gasteiger partial charge in [0.1, 0.15) is 0 Å². The Labute approximate surface area is 117 Å². The number of nitrogens with zero attached hydrogens (tertiary/aromatic N) is 1. The summed E-state index contributed by atoms with van der Waals surface area (Å²) in [6, 6.07) is 0.557. The van der Waals surface area contributed by atoms with Crippen LogP contribution in [0.15, 0.2) is 0 Å². The summed E-state index contributed by atoms with van der Waals surface area (Å²) < 4.78 is 0. The molecular weight excluding hydrogens is 236 g/mol. The first-order chi connectivity index (χ1) is 9.15. The molecule has 0 aromatic heterocycles. The van der Waals surface area contributed by atoms with E-state index in [9.17, 15) is 4.79 Å². The maximum absolute atomic E-state index is 12.9. The fourth-order valence-electron chi connectivity index (χ4n) is 4.06. The average molecular weight is 266 g/mol. The molecule has 2 rings (SSSR count). The van der Waals surface area contributed by atoms with Crippen molar-refractivity contribution in [2.24, 2.45) is 17.6 Å². The van der Waals surface area contributed by atoms with Crippen LogP contribution in [0.25, 0.3) is 0 Å². The number of carbonyl (C=O) groups excluding carboxylic acids is 1. The molecule has 110 valence electrons. The quantitative estimate of drug-likeness (QED) is 0.853. The number of hydrogen-bond donors (Lipinski definition) is 1. The van der Waals surface area contributed by atoms with Gasteiger partial charge in [0.15, 0.2) is 0 Å². The minimum atomic E-state index is 0.0654. The van der Waals surface area contributed by atoms with Gasteiger partial charge in [-0.1, -0.05) is 32.6 Å². The van der Waals surface area contributed by atoms with Gasteiger partial charge in [-0.25, -0.2) is 0 Å². The van der Waals surface area contributed by atoms with Crippen molar-refractivity contribution in [3.05, 3.63) is 0 Å². The molecule has 0 heterocycles. The van der Waals surface area contributed by atoms with E-state index in [0.717, 1.165) is 19.4 Å². The fourth-order valence-corrected chi connectivity index (χ4v) is 4.06. The molecule has 3 nitrogen and oxygen atoms in total. The van der Waals surface area contributed by atoms with Gasteiger partial charge >= 0.3 is 0 Å². The van der Waals surface area contributed by atoms with E-state index in [1.54, 1.807) is 0 Å². The minimum absolute atomic E-state index is 0.0654. The minimum Gasteiger partial charge on any atom is -0.340 e. The van der Waals surface area contributed by atoms with E-state index in [2.05, 4.69) is 18.7 Å². The average Bonchev–Trinajstić information content (AvgIpc) is 2.40. The van der Waals surface area contributed by atoms with E-state index in [0.29, 0.717) is 17.9 Å². The van der Waals surface area contributed by atoms with Crippen LogP contribution in [0.5, 0.6) is 0 Å². The highest BCUT2D eigenvalue weighted by Crippen LogP contribution is 2.32. The molecule has 0 radical (unpaired) electrons. The second-order valence-electron chi connectivity index (χ2n) is 6.51. The molecule has 0 saturated heterocycles. The molecule has 3 heteroatoms. The maximum Gasteiger partial charge on any atom is 0.227 e. The summed E-state index contributed by atoms with van der Waals surface area (Å²) in [6.07, 6.45) is 9.63. The van der Waals surface area contributed by atoms with E-state index < -0.39 is 0 Å². The van der Waals surface area contributed by atoms with Crippen LogP contribution < -0.4 is 5.73 Å². The molecular formula is C16H30N2O. The Hall–Kier alpha value is -0.570. The lowest BCUT2D eigenvalue weighted by Gasteiger charge is -2.40. The SMILES string of the molecule is CCN(C(=O)C1C(C)CCCC1N)C1CCCCC1. The van der Waals surface area contributed by atoms with Crippen molar-refractivity contribution in [3.8, 4) is 0 Å². The lowest BCUT2D eigenvalue weighted by molar-refractivity contribution is -0.141. The molecule has 0 aromatic carbocycles. The molecule has 2 aliphatic rings. The van der Waals surface area contributed by atoms with E-state index in [1.807, 2.05) is 0 Å². The van der Waals surface area contributed by atoms with Gasteiger partial charge in [-0.15, -0.1) is 0 Å². The molecule has 1 amide bonds. The van der Waals surface area contributed by atoms with Crippen molar-refractivity contribution in [1.29, 1.82) is 0 Å². The van der Waals surface area contributed by atoms with E-state index >= 15 is 0 Å². The molecule has 2 aliphatic carbocycles. The zero-order valence-electron chi connectivity index (χ0n) is 12.6. The van der Waals surface area contributed by atoms with Crippen LogP contribution in [-0.2, 0) is 4.79 Å². The van der Waals surface area contributed by atoms with Crippen LogP contribution in [-0.4, -0.2) is 29.4 Å². The summed E-state index contributed by atoms with van der Waals surface area (Å²) in [6.45, 7) is 5.17. The maximum atomic E-state index is 12.9. The van der Waals surface area contributed by atoms with E-state index in [4.69, 9.17) is 5.73 Å². The lowest BCUT2D eigenvalue weighted by Crippen LogP contribution is -2.52. The Kier molecular flexibility index (Phi) is 5.26. The van der Waals surface area contributed by atoms with Gasteiger partial charge in [-0.2, -0.15) is 0 Å². The van der Waals surface area contributed by atoms with Crippen LogP contribution in [0.1, 0.15) is 65.2 Å². The summed E-state index contributed by atoms with van der Waals surface area (Å²) in [5, 5.41) is 0. The second-order valence-corrected chi connectivity index (χ2v) is 6.51. The molecule has 3 atom stereocenters. The van der Waals surface area contributed by atoms with Crippen molar-refractivity contribution in [1.82, 2.24) is 4.90 Å². The lowest BCUT2D eigenvalue weighted by atomic mass is 9.76. The van der Waals surface area contributed by atoms with Gasteiger partial charge in [0.05, 0.1) is 5.92 Å². The van der Waals surface area contributed by atoms with Crippen molar-refractivity contribution in [3.63, 3.8) is 0 Å². The van der Waals surface area contributed by atoms with Crippen molar-refractivity contribution in [2.75, 3.05) is 6.54 Å². The molecule has 0 spiro atoms. The fraction of sp³-hybridized carbons (Fsp3) is 0.938. The molecule has 2 N–H and O–H groups in total. The largest absolute Gasteiger partial charge is 0.340 e. The second kappa shape index (κ2) is 6.74. The number of nitrogens with two attached hydrogens (primary N) is 1. The zero-order valence-corrected chi connectivity index (χ0v) is 12.6. The van der Waals surface area contributed by atoms with Gasteiger partial charge < -0.3 is 10.6 Å². The topological polar surface area (TPSA) is 46.3 Å². The molecule has 3 unspecified atom stereocenters. The third-order valence-electron chi connectivity index (χ3n) is 5.20. The molecule has 0 bridgehead atoms. The summed E-state index contributed by atoms with van der Waals surface area (Å²) >= 11 is 0. The Bertz CT molecular complexity index is 289. The van der Waals surface area contributed by atoms with Gasteiger partial charge in [-0.05, 0) is 38.5 Å². The summed E-state index contributed by atoms with van der Waals surface area (Å²) in [4.78, 5) is 15.0. The molecule has 2 fully saturated rings. The third kappa shape index (κ3) is 3.31. The highest BCUT2D eigenvalue weighted by molar-refractivity contribution is 5.80. The highest BCUT2D eigenvalue weighted by Gasteiger charge is 2.38. The van der Waals surface area contributed by atoms with Crippen LogP contribution in [0.2, 0.25) is 0 Å². The normalized spacial score (nSPS) is 33.1. The van der Waals surface area contributed by atoms with Gasteiger partial charge in [0, 0.05) is 18.6 Å². The summed E-state index contributed by atoms with van der Waals surface area (Å²) in [7, 11) is 0. The Morgan fingerprint density at radius 3 is 2.37 bits per heavy atom. The van der Waals surface area contributed by atoms with Gasteiger partial charge in [0.2, 0.25) is 5.91 Å². The predicted octanol–water partition coefficient (Wildman–Crippen LogP) is 2.93. The first-order valence-corrected chi connectivity index (χ1v) is 8.21. The van der Waals surface area contributed by atoms with Crippen LogP contribution in [0.3, 0.4) is 0 Å². The monoisotopic (exact) mass is 266 g/mol. The van der Waals surface area contributed by atoms with Crippen LogP contribution in [0, 0.1) is 11.8 Å².